The van der Waals surface area contributed by atoms with Crippen LogP contribution in [0, 0.1) is 0 Å². The fourth-order valence-electron chi connectivity index (χ4n) is 3.53. The Morgan fingerprint density at radius 3 is 2.33 bits per heavy atom. The van der Waals surface area contributed by atoms with Crippen LogP contribution in [-0.4, -0.2) is 14.9 Å². The second kappa shape index (κ2) is 5.22. The van der Waals surface area contributed by atoms with Crippen LogP contribution in [-0.2, 0) is 6.61 Å². The van der Waals surface area contributed by atoms with E-state index in [1.165, 1.54) is 51.4 Å². The van der Waals surface area contributed by atoms with Crippen molar-refractivity contribution in [1.29, 1.82) is 0 Å². The van der Waals surface area contributed by atoms with Crippen molar-refractivity contribution in [3.05, 3.63) is 16.4 Å². The van der Waals surface area contributed by atoms with Crippen molar-refractivity contribution >= 4 is 11.6 Å². The molecule has 0 amide bonds. The first kappa shape index (κ1) is 12.5. The number of halogens is 1. The summed E-state index contributed by atoms with van der Waals surface area (Å²) in [5, 5.41) is 15.0. The van der Waals surface area contributed by atoms with Crippen molar-refractivity contribution < 1.29 is 5.11 Å². The first-order valence-electron chi connectivity index (χ1n) is 7.19. The normalized spacial score (nSPS) is 22.1. The van der Waals surface area contributed by atoms with E-state index in [0.717, 1.165) is 11.3 Å². The van der Waals surface area contributed by atoms with Crippen LogP contribution in [0.25, 0.3) is 0 Å². The second-order valence-electron chi connectivity index (χ2n) is 5.68. The van der Waals surface area contributed by atoms with Crippen LogP contribution in [0.1, 0.15) is 74.6 Å². The fourth-order valence-corrected chi connectivity index (χ4v) is 3.86. The average Bonchev–Trinajstić information content (AvgIpc) is 3.09. The molecule has 1 heterocycles. The molecule has 3 nitrogen and oxygen atoms in total. The quantitative estimate of drug-likeness (QED) is 0.905. The number of aliphatic hydroxyl groups excluding tert-OH is 1. The largest absolute Gasteiger partial charge is 0.391 e. The standard InChI is InChI=1S/C14H21ClN2O/c15-14-12(9-18)13(10-5-1-2-6-10)16-17(14)11-7-3-4-8-11/h10-11,18H,1-9H2. The first-order chi connectivity index (χ1) is 8.81. The Balaban J connectivity index is 1.94. The molecule has 1 N–H and O–H groups in total. The van der Waals surface area contributed by atoms with Crippen molar-refractivity contribution in [2.75, 3.05) is 0 Å². The van der Waals surface area contributed by atoms with E-state index in [4.69, 9.17) is 16.7 Å². The lowest BCUT2D eigenvalue weighted by molar-refractivity contribution is 0.279. The summed E-state index contributed by atoms with van der Waals surface area (Å²) in [4.78, 5) is 0. The number of rotatable bonds is 3. The molecule has 0 atom stereocenters. The molecule has 0 radical (unpaired) electrons. The van der Waals surface area contributed by atoms with Gasteiger partial charge in [-0.1, -0.05) is 37.3 Å². The molecular formula is C14H21ClN2O. The fraction of sp³-hybridized carbons (Fsp3) is 0.786. The van der Waals surface area contributed by atoms with Crippen molar-refractivity contribution in [2.45, 2.75) is 69.9 Å². The molecule has 0 aromatic carbocycles. The van der Waals surface area contributed by atoms with E-state index in [9.17, 15) is 5.11 Å². The second-order valence-corrected chi connectivity index (χ2v) is 6.03. The zero-order chi connectivity index (χ0) is 12.5. The summed E-state index contributed by atoms with van der Waals surface area (Å²) in [5.41, 5.74) is 1.96. The Bertz CT molecular complexity index is 418. The molecule has 0 bridgehead atoms. The van der Waals surface area contributed by atoms with Gasteiger partial charge in [-0.2, -0.15) is 5.10 Å². The average molecular weight is 269 g/mol. The number of hydrogen-bond donors (Lipinski definition) is 1. The molecule has 2 fully saturated rings. The van der Waals surface area contributed by atoms with Crippen molar-refractivity contribution in [2.24, 2.45) is 0 Å². The van der Waals surface area contributed by atoms with E-state index in [-0.39, 0.29) is 6.61 Å². The van der Waals surface area contributed by atoms with Crippen LogP contribution in [0.2, 0.25) is 5.15 Å². The molecule has 4 heteroatoms. The van der Waals surface area contributed by atoms with Crippen molar-refractivity contribution in [1.82, 2.24) is 9.78 Å². The Kier molecular flexibility index (Phi) is 3.62. The maximum atomic E-state index is 9.58. The van der Waals surface area contributed by atoms with E-state index in [0.29, 0.717) is 17.1 Å². The van der Waals surface area contributed by atoms with Gasteiger partial charge in [0, 0.05) is 11.5 Å². The van der Waals surface area contributed by atoms with Gasteiger partial charge in [-0.3, -0.25) is 4.68 Å². The predicted molar refractivity (Wildman–Crippen MR) is 71.9 cm³/mol. The number of aliphatic hydroxyl groups is 1. The molecule has 18 heavy (non-hydrogen) atoms. The van der Waals surface area contributed by atoms with Crippen LogP contribution in [0.4, 0.5) is 0 Å². The highest BCUT2D eigenvalue weighted by molar-refractivity contribution is 6.30. The monoisotopic (exact) mass is 268 g/mol. The third-order valence-electron chi connectivity index (χ3n) is 4.55. The van der Waals surface area contributed by atoms with Crippen LogP contribution in [0.15, 0.2) is 0 Å². The number of nitrogens with zero attached hydrogens (tertiary/aromatic N) is 2. The lowest BCUT2D eigenvalue weighted by Crippen LogP contribution is -2.07. The van der Waals surface area contributed by atoms with Crippen molar-refractivity contribution in [3.63, 3.8) is 0 Å². The third-order valence-corrected chi connectivity index (χ3v) is 4.95. The van der Waals surface area contributed by atoms with Gasteiger partial charge in [0.25, 0.3) is 0 Å². The minimum atomic E-state index is 0.0252. The van der Waals surface area contributed by atoms with Gasteiger partial charge in [-0.25, -0.2) is 0 Å². The lowest BCUT2D eigenvalue weighted by atomic mass is 10.0. The van der Waals surface area contributed by atoms with Crippen molar-refractivity contribution in [3.8, 4) is 0 Å². The smallest absolute Gasteiger partial charge is 0.133 e. The van der Waals surface area contributed by atoms with E-state index >= 15 is 0 Å². The van der Waals surface area contributed by atoms with Crippen LogP contribution < -0.4 is 0 Å². The highest BCUT2D eigenvalue weighted by atomic mass is 35.5. The van der Waals surface area contributed by atoms with E-state index in [1.807, 2.05) is 4.68 Å². The Hall–Kier alpha value is -0.540. The molecule has 0 unspecified atom stereocenters. The summed E-state index contributed by atoms with van der Waals surface area (Å²) in [5.74, 6) is 0.521. The maximum absolute atomic E-state index is 9.58. The highest BCUT2D eigenvalue weighted by Crippen LogP contribution is 2.40. The zero-order valence-electron chi connectivity index (χ0n) is 10.7. The van der Waals surface area contributed by atoms with Gasteiger partial charge >= 0.3 is 0 Å². The SMILES string of the molecule is OCc1c(C2CCCC2)nn(C2CCCC2)c1Cl. The maximum Gasteiger partial charge on any atom is 0.133 e. The molecule has 1 aromatic rings. The summed E-state index contributed by atoms with van der Waals surface area (Å²) in [6.07, 6.45) is 9.86. The Labute approximate surface area is 113 Å². The highest BCUT2D eigenvalue weighted by Gasteiger charge is 2.29. The minimum absolute atomic E-state index is 0.0252. The summed E-state index contributed by atoms with van der Waals surface area (Å²) >= 11 is 6.43. The third kappa shape index (κ3) is 2.08. The van der Waals surface area contributed by atoms with Crippen LogP contribution in [0.3, 0.4) is 0 Å². The van der Waals surface area contributed by atoms with Gasteiger partial charge in [0.15, 0.2) is 0 Å². The summed E-state index contributed by atoms with van der Waals surface area (Å²) < 4.78 is 1.99. The van der Waals surface area contributed by atoms with E-state index < -0.39 is 0 Å². The lowest BCUT2D eigenvalue weighted by Gasteiger charge is -2.11. The molecule has 2 aliphatic carbocycles. The molecule has 100 valence electrons. The van der Waals surface area contributed by atoms with Gasteiger partial charge in [-0.05, 0) is 25.7 Å². The molecule has 2 saturated carbocycles. The van der Waals surface area contributed by atoms with Crippen LogP contribution >= 0.6 is 11.6 Å². The Morgan fingerprint density at radius 1 is 1.11 bits per heavy atom. The topological polar surface area (TPSA) is 38.1 Å². The van der Waals surface area contributed by atoms with Gasteiger partial charge in [0.05, 0.1) is 18.3 Å². The molecule has 0 spiro atoms. The predicted octanol–water partition coefficient (Wildman–Crippen LogP) is 3.80. The molecule has 0 aliphatic heterocycles. The van der Waals surface area contributed by atoms with Gasteiger partial charge in [-0.15, -0.1) is 0 Å². The van der Waals surface area contributed by atoms with E-state index in [2.05, 4.69) is 0 Å². The molecule has 3 rings (SSSR count). The minimum Gasteiger partial charge on any atom is -0.391 e. The van der Waals surface area contributed by atoms with Gasteiger partial charge in [0.1, 0.15) is 5.15 Å². The Morgan fingerprint density at radius 2 is 1.72 bits per heavy atom. The van der Waals surface area contributed by atoms with Crippen LogP contribution in [0.5, 0.6) is 0 Å². The number of hydrogen-bond acceptors (Lipinski definition) is 2. The number of aromatic nitrogens is 2. The molecule has 2 aliphatic rings. The van der Waals surface area contributed by atoms with Gasteiger partial charge < -0.3 is 5.11 Å². The molecule has 1 aromatic heterocycles. The summed E-state index contributed by atoms with van der Waals surface area (Å²) in [6, 6.07) is 0.456. The molecular weight excluding hydrogens is 248 g/mol. The zero-order valence-corrected chi connectivity index (χ0v) is 11.5. The van der Waals surface area contributed by atoms with Gasteiger partial charge in [0.2, 0.25) is 0 Å². The molecule has 0 saturated heterocycles. The summed E-state index contributed by atoms with van der Waals surface area (Å²) in [7, 11) is 0. The van der Waals surface area contributed by atoms with E-state index in [1.54, 1.807) is 0 Å². The summed E-state index contributed by atoms with van der Waals surface area (Å²) in [6.45, 7) is 0.0252. The first-order valence-corrected chi connectivity index (χ1v) is 7.56.